The number of carbonyl (C=O) groups is 1. The van der Waals surface area contributed by atoms with Gasteiger partial charge >= 0.3 is 5.97 Å². The average molecular weight is 265 g/mol. The van der Waals surface area contributed by atoms with E-state index in [4.69, 9.17) is 33.7 Å². The zero-order chi connectivity index (χ0) is 12.3. The molecule has 0 aliphatic heterocycles. The quantitative estimate of drug-likeness (QED) is 0.847. The highest BCUT2D eigenvalue weighted by molar-refractivity contribution is 6.41. The Morgan fingerprint density at radius 2 is 2.06 bits per heavy atom. The second-order valence-corrected chi connectivity index (χ2v) is 3.49. The molecule has 2 N–H and O–H groups in total. The second kappa shape index (κ2) is 5.23. The summed E-state index contributed by atoms with van der Waals surface area (Å²) in [6.45, 7) is 2.09. The van der Waals surface area contributed by atoms with Crippen molar-refractivity contribution >= 4 is 34.9 Å². The molecule has 0 spiro atoms. The van der Waals surface area contributed by atoms with Gasteiger partial charge in [-0.25, -0.2) is 9.78 Å². The number of anilines is 1. The van der Waals surface area contributed by atoms with Gasteiger partial charge in [0.2, 0.25) is 5.88 Å². The van der Waals surface area contributed by atoms with Crippen LogP contribution in [0.3, 0.4) is 0 Å². The Bertz CT molecular complexity index is 424. The number of rotatable bonds is 3. The fourth-order valence-electron chi connectivity index (χ4n) is 1.00. The molecule has 1 heterocycles. The van der Waals surface area contributed by atoms with Gasteiger partial charge in [-0.3, -0.25) is 0 Å². The maximum atomic E-state index is 11.3. The number of nitrogen functional groups attached to an aromatic ring is 1. The number of hydrogen-bond acceptors (Lipinski definition) is 5. The van der Waals surface area contributed by atoms with Gasteiger partial charge < -0.3 is 15.2 Å². The summed E-state index contributed by atoms with van der Waals surface area (Å²) in [4.78, 5) is 15.2. The van der Waals surface area contributed by atoms with Gasteiger partial charge in [0.15, 0.2) is 5.69 Å². The number of ether oxygens (including phenoxy) is 2. The number of esters is 1. The van der Waals surface area contributed by atoms with Crippen LogP contribution in [0.25, 0.3) is 0 Å². The minimum atomic E-state index is -0.700. The molecule has 1 aromatic rings. The Morgan fingerprint density at radius 1 is 1.44 bits per heavy atom. The summed E-state index contributed by atoms with van der Waals surface area (Å²) >= 11 is 11.7. The Labute approximate surface area is 102 Å². The van der Waals surface area contributed by atoms with Gasteiger partial charge in [0.05, 0.1) is 24.4 Å². The molecule has 0 atom stereocenters. The number of methoxy groups -OCH3 is 1. The summed E-state index contributed by atoms with van der Waals surface area (Å²) in [5.74, 6) is -0.638. The lowest BCUT2D eigenvalue weighted by atomic mass is 10.3. The van der Waals surface area contributed by atoms with Gasteiger partial charge in [-0.05, 0) is 6.92 Å². The summed E-state index contributed by atoms with van der Waals surface area (Å²) in [6.07, 6.45) is 0. The first-order valence-corrected chi connectivity index (χ1v) is 5.14. The molecule has 0 unspecified atom stereocenters. The first kappa shape index (κ1) is 12.9. The monoisotopic (exact) mass is 264 g/mol. The molecule has 0 saturated heterocycles. The molecule has 0 aliphatic rings. The molecular formula is C9H10Cl2N2O3. The third-order valence-electron chi connectivity index (χ3n) is 1.74. The maximum Gasteiger partial charge on any atom is 0.358 e. The van der Waals surface area contributed by atoms with Crippen molar-refractivity contribution in [3.05, 3.63) is 15.7 Å². The van der Waals surface area contributed by atoms with Gasteiger partial charge in [-0.2, -0.15) is 0 Å². The van der Waals surface area contributed by atoms with Gasteiger partial charge in [0.25, 0.3) is 0 Å². The minimum Gasteiger partial charge on any atom is -0.477 e. The van der Waals surface area contributed by atoms with Crippen molar-refractivity contribution in [2.45, 2.75) is 6.92 Å². The van der Waals surface area contributed by atoms with Crippen LogP contribution in [0.2, 0.25) is 10.0 Å². The lowest BCUT2D eigenvalue weighted by Gasteiger charge is -2.10. The lowest BCUT2D eigenvalue weighted by molar-refractivity contribution is 0.0593. The van der Waals surface area contributed by atoms with E-state index in [1.54, 1.807) is 6.92 Å². The van der Waals surface area contributed by atoms with Crippen LogP contribution < -0.4 is 10.5 Å². The third kappa shape index (κ3) is 2.31. The predicted molar refractivity (Wildman–Crippen MR) is 61.2 cm³/mol. The van der Waals surface area contributed by atoms with E-state index in [-0.39, 0.29) is 27.3 Å². The highest BCUT2D eigenvalue weighted by Crippen LogP contribution is 2.36. The molecule has 0 aliphatic carbocycles. The molecule has 0 fully saturated rings. The van der Waals surface area contributed by atoms with Crippen molar-refractivity contribution < 1.29 is 14.3 Å². The van der Waals surface area contributed by atoms with Crippen LogP contribution in [0.4, 0.5) is 5.69 Å². The largest absolute Gasteiger partial charge is 0.477 e. The van der Waals surface area contributed by atoms with Crippen LogP contribution in [0.1, 0.15) is 17.4 Å². The molecule has 1 aromatic heterocycles. The molecule has 7 heteroatoms. The number of aromatic nitrogens is 1. The fraction of sp³-hybridized carbons (Fsp3) is 0.333. The lowest BCUT2D eigenvalue weighted by Crippen LogP contribution is -2.09. The van der Waals surface area contributed by atoms with Crippen molar-refractivity contribution in [2.24, 2.45) is 0 Å². The summed E-state index contributed by atoms with van der Waals surface area (Å²) in [6, 6.07) is 0. The van der Waals surface area contributed by atoms with E-state index in [1.165, 1.54) is 7.11 Å². The number of carbonyl (C=O) groups excluding carboxylic acids is 1. The van der Waals surface area contributed by atoms with Crippen molar-refractivity contribution in [3.8, 4) is 5.88 Å². The Morgan fingerprint density at radius 3 is 2.56 bits per heavy atom. The highest BCUT2D eigenvalue weighted by atomic mass is 35.5. The molecule has 5 nitrogen and oxygen atoms in total. The number of halogens is 2. The number of pyridine rings is 1. The molecule has 16 heavy (non-hydrogen) atoms. The van der Waals surface area contributed by atoms with Crippen LogP contribution in [-0.2, 0) is 4.74 Å². The summed E-state index contributed by atoms with van der Waals surface area (Å²) < 4.78 is 9.62. The van der Waals surface area contributed by atoms with E-state index in [1.807, 2.05) is 0 Å². The summed E-state index contributed by atoms with van der Waals surface area (Å²) in [7, 11) is 1.21. The van der Waals surface area contributed by atoms with Crippen LogP contribution in [0.15, 0.2) is 0 Å². The zero-order valence-electron chi connectivity index (χ0n) is 8.71. The van der Waals surface area contributed by atoms with Crippen LogP contribution in [-0.4, -0.2) is 24.7 Å². The highest BCUT2D eigenvalue weighted by Gasteiger charge is 2.21. The molecule has 0 aromatic carbocycles. The smallest absolute Gasteiger partial charge is 0.358 e. The topological polar surface area (TPSA) is 74.4 Å². The Balaban J connectivity index is 3.35. The van der Waals surface area contributed by atoms with E-state index in [2.05, 4.69) is 9.72 Å². The molecule has 0 saturated carbocycles. The first-order valence-electron chi connectivity index (χ1n) is 4.38. The van der Waals surface area contributed by atoms with Crippen molar-refractivity contribution in [3.63, 3.8) is 0 Å². The molecule has 0 bridgehead atoms. The standard InChI is InChI=1S/C9H10Cl2N2O3/c1-3-16-8-5(11)6(12)4(10)7(13-8)9(14)15-2/h3H2,1-2H3,(H2,12,13). The Hall–Kier alpha value is -1.20. The van der Waals surface area contributed by atoms with E-state index in [0.717, 1.165) is 0 Å². The van der Waals surface area contributed by atoms with E-state index in [9.17, 15) is 4.79 Å². The second-order valence-electron chi connectivity index (χ2n) is 2.73. The van der Waals surface area contributed by atoms with E-state index >= 15 is 0 Å². The summed E-state index contributed by atoms with van der Waals surface area (Å²) in [5, 5.41) is 0.0415. The molecule has 0 radical (unpaired) electrons. The third-order valence-corrected chi connectivity index (χ3v) is 2.49. The van der Waals surface area contributed by atoms with Crippen LogP contribution >= 0.6 is 23.2 Å². The average Bonchev–Trinajstić information content (AvgIpc) is 2.29. The minimum absolute atomic E-state index is 0.0414. The normalized spacial score (nSPS) is 10.0. The molecule has 88 valence electrons. The Kier molecular flexibility index (Phi) is 4.20. The van der Waals surface area contributed by atoms with Gasteiger partial charge in [0, 0.05) is 0 Å². The van der Waals surface area contributed by atoms with Gasteiger partial charge in [0.1, 0.15) is 5.02 Å². The fourth-order valence-corrected chi connectivity index (χ4v) is 1.46. The molecular weight excluding hydrogens is 255 g/mol. The van der Waals surface area contributed by atoms with Crippen LogP contribution in [0, 0.1) is 0 Å². The first-order chi connectivity index (χ1) is 7.52. The van der Waals surface area contributed by atoms with Crippen molar-refractivity contribution in [1.82, 2.24) is 4.98 Å². The predicted octanol–water partition coefficient (Wildman–Crippen LogP) is 2.16. The molecule has 0 amide bonds. The number of nitrogens with two attached hydrogens (primary N) is 1. The van der Waals surface area contributed by atoms with E-state index in [0.29, 0.717) is 6.61 Å². The number of nitrogens with zero attached hydrogens (tertiary/aromatic N) is 1. The maximum absolute atomic E-state index is 11.3. The van der Waals surface area contributed by atoms with Crippen molar-refractivity contribution in [1.29, 1.82) is 0 Å². The number of hydrogen-bond donors (Lipinski definition) is 1. The SMILES string of the molecule is CCOc1nc(C(=O)OC)c(Cl)c(N)c1Cl. The van der Waals surface area contributed by atoms with E-state index < -0.39 is 5.97 Å². The zero-order valence-corrected chi connectivity index (χ0v) is 10.2. The van der Waals surface area contributed by atoms with Crippen LogP contribution in [0.5, 0.6) is 5.88 Å². The summed E-state index contributed by atoms with van der Waals surface area (Å²) in [5.41, 5.74) is 5.54. The van der Waals surface area contributed by atoms with Gasteiger partial charge in [-0.1, -0.05) is 23.2 Å². The molecule has 1 rings (SSSR count). The van der Waals surface area contributed by atoms with Gasteiger partial charge in [-0.15, -0.1) is 0 Å². The van der Waals surface area contributed by atoms with Crippen molar-refractivity contribution in [2.75, 3.05) is 19.5 Å².